The lowest BCUT2D eigenvalue weighted by atomic mass is 10.2. The SMILES string of the molecule is NNC(N)=NCCC(=O)NCCNC(=O)c1ccc(Nc2nccn3c(-c4cn[nH]c4C(F)(F)F)cnc23)cc1Cl.O=CO. The molecule has 20 heteroatoms. The number of H-pyrrole nitrogens is 1. The quantitative estimate of drug-likeness (QED) is 0.0307. The number of aromatic nitrogens is 5. The first kappa shape index (κ1) is 33.1. The van der Waals surface area contributed by atoms with Gasteiger partial charge >= 0.3 is 6.18 Å². The maximum absolute atomic E-state index is 13.4. The molecular weight excluding hydrogens is 613 g/mol. The summed E-state index contributed by atoms with van der Waals surface area (Å²) >= 11 is 6.33. The Bertz CT molecular complexity index is 1640. The van der Waals surface area contributed by atoms with Gasteiger partial charge < -0.3 is 26.8 Å². The van der Waals surface area contributed by atoms with Gasteiger partial charge in [0.25, 0.3) is 12.4 Å². The normalized spacial score (nSPS) is 11.3. The minimum Gasteiger partial charge on any atom is -0.483 e. The van der Waals surface area contributed by atoms with E-state index in [-0.39, 0.29) is 77.7 Å². The molecular formula is C24H26ClF3N12O4. The van der Waals surface area contributed by atoms with E-state index in [1.165, 1.54) is 35.1 Å². The first-order valence-corrected chi connectivity index (χ1v) is 12.8. The van der Waals surface area contributed by atoms with Crippen LogP contribution in [0.3, 0.4) is 0 Å². The summed E-state index contributed by atoms with van der Waals surface area (Å²) in [5.41, 5.74) is 7.41. The lowest BCUT2D eigenvalue weighted by molar-refractivity contribution is -0.140. The minimum absolute atomic E-state index is 0.0143. The minimum atomic E-state index is -4.63. The summed E-state index contributed by atoms with van der Waals surface area (Å²) in [5.74, 6) is 4.59. The van der Waals surface area contributed by atoms with Gasteiger partial charge in [0.1, 0.15) is 5.69 Å². The van der Waals surface area contributed by atoms with Crippen LogP contribution in [0.1, 0.15) is 22.5 Å². The Morgan fingerprint density at radius 2 is 1.91 bits per heavy atom. The average molecular weight is 639 g/mol. The number of fused-ring (bicyclic) bond motifs is 1. The Morgan fingerprint density at radius 1 is 1.18 bits per heavy atom. The summed E-state index contributed by atoms with van der Waals surface area (Å²) in [6.07, 6.45) is 0.700. The molecule has 2 amide bonds. The van der Waals surface area contributed by atoms with Crippen LogP contribution in [0.2, 0.25) is 5.02 Å². The number of nitrogens with zero attached hydrogens (tertiary/aromatic N) is 5. The number of halogens is 4. The van der Waals surface area contributed by atoms with Gasteiger partial charge in [0.2, 0.25) is 11.9 Å². The molecule has 0 atom stereocenters. The number of hydrazine groups is 1. The van der Waals surface area contributed by atoms with Gasteiger partial charge in [0.05, 0.1) is 40.8 Å². The third-order valence-electron chi connectivity index (χ3n) is 5.60. The Kier molecular flexibility index (Phi) is 11.4. The summed E-state index contributed by atoms with van der Waals surface area (Å²) in [6, 6.07) is 4.57. The summed E-state index contributed by atoms with van der Waals surface area (Å²) in [7, 11) is 0. The molecule has 44 heavy (non-hydrogen) atoms. The van der Waals surface area contributed by atoms with Crippen molar-refractivity contribution in [3.05, 3.63) is 59.3 Å². The van der Waals surface area contributed by atoms with Crippen molar-refractivity contribution in [3.63, 3.8) is 0 Å². The smallest absolute Gasteiger partial charge is 0.433 e. The average Bonchev–Trinajstić information content (AvgIpc) is 3.64. The zero-order valence-electron chi connectivity index (χ0n) is 22.5. The van der Waals surface area contributed by atoms with Crippen LogP contribution in [-0.2, 0) is 15.8 Å². The van der Waals surface area contributed by atoms with E-state index in [4.69, 9.17) is 33.1 Å². The molecule has 16 nitrogen and oxygen atoms in total. The van der Waals surface area contributed by atoms with Gasteiger partial charge in [0.15, 0.2) is 11.5 Å². The molecule has 0 aliphatic carbocycles. The van der Waals surface area contributed by atoms with E-state index in [0.717, 1.165) is 6.20 Å². The first-order chi connectivity index (χ1) is 21.0. The monoisotopic (exact) mass is 638 g/mol. The van der Waals surface area contributed by atoms with E-state index in [1.807, 2.05) is 5.10 Å². The number of aliphatic imine (C=N–C) groups is 1. The second-order valence-corrected chi connectivity index (χ2v) is 8.87. The summed E-state index contributed by atoms with van der Waals surface area (Å²) in [4.78, 5) is 45.0. The van der Waals surface area contributed by atoms with Crippen LogP contribution in [0.5, 0.6) is 0 Å². The number of rotatable bonds is 10. The molecule has 3 heterocycles. The van der Waals surface area contributed by atoms with E-state index in [9.17, 15) is 22.8 Å². The maximum atomic E-state index is 13.4. The molecule has 0 unspecified atom stereocenters. The molecule has 3 aromatic heterocycles. The topological polar surface area (TPSA) is 243 Å². The van der Waals surface area contributed by atoms with Crippen molar-refractivity contribution < 1.29 is 32.7 Å². The van der Waals surface area contributed by atoms with Crippen molar-refractivity contribution in [3.8, 4) is 11.3 Å². The lowest BCUT2D eigenvalue weighted by Gasteiger charge is -2.11. The number of nitrogens with two attached hydrogens (primary N) is 2. The fourth-order valence-corrected chi connectivity index (χ4v) is 3.97. The Morgan fingerprint density at radius 3 is 2.59 bits per heavy atom. The molecule has 1 aromatic carbocycles. The van der Waals surface area contributed by atoms with E-state index in [2.05, 4.69) is 41.4 Å². The van der Waals surface area contributed by atoms with Crippen molar-refractivity contribution in [2.24, 2.45) is 16.6 Å². The summed E-state index contributed by atoms with van der Waals surface area (Å²) in [5, 5.41) is 20.8. The third-order valence-corrected chi connectivity index (χ3v) is 5.92. The number of carbonyl (C=O) groups is 3. The highest BCUT2D eigenvalue weighted by atomic mass is 35.5. The molecule has 234 valence electrons. The van der Waals surface area contributed by atoms with Gasteiger partial charge in [-0.2, -0.15) is 18.3 Å². The zero-order chi connectivity index (χ0) is 32.3. The van der Waals surface area contributed by atoms with Gasteiger partial charge in [-0.3, -0.25) is 34.3 Å². The van der Waals surface area contributed by atoms with Crippen LogP contribution in [0.25, 0.3) is 16.9 Å². The molecule has 4 aromatic rings. The number of aromatic amines is 1. The van der Waals surface area contributed by atoms with Crippen molar-refractivity contribution in [2.45, 2.75) is 12.6 Å². The van der Waals surface area contributed by atoms with Crippen LogP contribution in [0.15, 0.2) is 48.0 Å². The van der Waals surface area contributed by atoms with E-state index >= 15 is 0 Å². The molecule has 0 aliphatic heterocycles. The summed E-state index contributed by atoms with van der Waals surface area (Å²) in [6.45, 7) is 0.234. The molecule has 0 bridgehead atoms. The number of imidazole rings is 1. The fourth-order valence-electron chi connectivity index (χ4n) is 3.70. The van der Waals surface area contributed by atoms with Crippen LogP contribution < -0.4 is 33.0 Å². The number of anilines is 2. The lowest BCUT2D eigenvalue weighted by Crippen LogP contribution is -2.37. The number of carboxylic acid groups (broad SMARTS) is 1. The van der Waals surface area contributed by atoms with Gasteiger partial charge in [0, 0.05) is 37.6 Å². The number of carbonyl (C=O) groups excluding carboxylic acids is 2. The molecule has 0 spiro atoms. The third kappa shape index (κ3) is 8.55. The molecule has 0 radical (unpaired) electrons. The summed E-state index contributed by atoms with van der Waals surface area (Å²) < 4.78 is 41.5. The number of benzene rings is 1. The molecule has 0 aliphatic rings. The van der Waals surface area contributed by atoms with E-state index in [1.54, 1.807) is 6.07 Å². The van der Waals surface area contributed by atoms with E-state index in [0.29, 0.717) is 5.69 Å². The number of amides is 2. The van der Waals surface area contributed by atoms with Crippen molar-refractivity contribution in [1.29, 1.82) is 0 Å². The number of hydrogen-bond donors (Lipinski definition) is 8. The second-order valence-electron chi connectivity index (χ2n) is 8.46. The van der Waals surface area contributed by atoms with Crippen molar-refractivity contribution >= 4 is 53.0 Å². The number of alkyl halides is 3. The van der Waals surface area contributed by atoms with Gasteiger partial charge in [-0.05, 0) is 18.2 Å². The van der Waals surface area contributed by atoms with Crippen LogP contribution >= 0.6 is 11.6 Å². The number of hydrogen-bond acceptors (Lipinski definition) is 9. The molecule has 0 fully saturated rings. The Hall–Kier alpha value is -5.43. The molecule has 0 saturated heterocycles. The molecule has 10 N–H and O–H groups in total. The predicted octanol–water partition coefficient (Wildman–Crippen LogP) is 1.25. The highest BCUT2D eigenvalue weighted by molar-refractivity contribution is 6.34. The van der Waals surface area contributed by atoms with Gasteiger partial charge in [-0.1, -0.05) is 11.6 Å². The van der Waals surface area contributed by atoms with Crippen molar-refractivity contribution in [2.75, 3.05) is 25.0 Å². The number of guanidine groups is 1. The fraction of sp³-hybridized carbons (Fsp3) is 0.208. The van der Waals surface area contributed by atoms with Crippen LogP contribution in [0, 0.1) is 0 Å². The Labute approximate surface area is 251 Å². The highest BCUT2D eigenvalue weighted by Crippen LogP contribution is 2.36. The zero-order valence-corrected chi connectivity index (χ0v) is 23.3. The standard InChI is InChI=1S/C23H24ClF3N12O2.CH2O2/c24-15-9-12(1-2-13(15)21(41)32-6-5-30-17(40)3-4-33-22(28)37-29)36-19-20-34-11-16(39(20)8-7-31-19)14-10-35-38-18(14)23(25,26)27;2-1-3/h1-2,7-11H,3-6,29H2,(H,30,40)(H,31,36)(H,32,41)(H,35,38)(H3,28,33,37);1H,(H,2,3). The van der Waals surface area contributed by atoms with E-state index < -0.39 is 17.8 Å². The molecule has 0 saturated carbocycles. The maximum Gasteiger partial charge on any atom is 0.433 e. The van der Waals surface area contributed by atoms with Gasteiger partial charge in [-0.25, -0.2) is 15.8 Å². The van der Waals surface area contributed by atoms with Crippen LogP contribution in [0.4, 0.5) is 24.7 Å². The number of nitrogens with one attached hydrogen (secondary N) is 5. The Balaban J connectivity index is 0.00000169. The predicted molar refractivity (Wildman–Crippen MR) is 153 cm³/mol. The highest BCUT2D eigenvalue weighted by Gasteiger charge is 2.36. The second kappa shape index (κ2) is 15.2. The van der Waals surface area contributed by atoms with Crippen LogP contribution in [-0.4, -0.2) is 73.6 Å². The van der Waals surface area contributed by atoms with Crippen molar-refractivity contribution in [1.82, 2.24) is 40.6 Å². The first-order valence-electron chi connectivity index (χ1n) is 12.4. The van der Waals surface area contributed by atoms with Gasteiger partial charge in [-0.15, -0.1) is 0 Å². The largest absolute Gasteiger partial charge is 0.483 e. The molecule has 4 rings (SSSR count).